The molecule has 0 amide bonds. The van der Waals surface area contributed by atoms with Crippen LogP contribution in [0.15, 0.2) is 53.7 Å². The van der Waals surface area contributed by atoms with E-state index in [4.69, 9.17) is 54.9 Å². The van der Waals surface area contributed by atoms with E-state index in [1.165, 1.54) is 4.88 Å². The van der Waals surface area contributed by atoms with Gasteiger partial charge in [0, 0.05) is 16.0 Å². The van der Waals surface area contributed by atoms with Crippen molar-refractivity contribution in [2.45, 2.75) is 63.9 Å². The maximum atomic E-state index is 10.7. The number of nitrogens with zero attached hydrogens (tertiary/aromatic N) is 2. The normalized spacial score (nSPS) is 13.8. The van der Waals surface area contributed by atoms with E-state index < -0.39 is 46.9 Å². The summed E-state index contributed by atoms with van der Waals surface area (Å²) < 4.78 is 84.6. The third-order valence-corrected chi connectivity index (χ3v) is 11.7. The Morgan fingerprint density at radius 2 is 1.32 bits per heavy atom. The van der Waals surface area contributed by atoms with Crippen LogP contribution in [0.25, 0.3) is 11.3 Å². The summed E-state index contributed by atoms with van der Waals surface area (Å²) >= 11 is 1.77. The summed E-state index contributed by atoms with van der Waals surface area (Å²) in [4.78, 5) is 42.3. The Bertz CT molecular complexity index is 1900. The number of aliphatic hydroxyl groups is 1. The smallest absolute Gasteiger partial charge is 0.776 e. The molecule has 0 saturated heterocycles. The van der Waals surface area contributed by atoms with Gasteiger partial charge in [0.05, 0.1) is 36.4 Å². The molecule has 0 radical (unpaired) electrons. The first-order valence-corrected chi connectivity index (χ1v) is 24.0. The van der Waals surface area contributed by atoms with Crippen LogP contribution < -0.4 is 55.4 Å². The molecule has 0 fully saturated rings. The fourth-order valence-corrected chi connectivity index (χ4v) is 7.24. The molecule has 1 aromatic heterocycles. The van der Waals surface area contributed by atoms with Crippen LogP contribution in [0.2, 0.25) is 0 Å². The molecule has 57 heavy (non-hydrogen) atoms. The maximum Gasteiger partial charge on any atom is 1.00 e. The van der Waals surface area contributed by atoms with Crippen LogP contribution in [-0.4, -0.2) is 99.1 Å². The molecule has 3 aromatic rings. The molecule has 0 bridgehead atoms. The van der Waals surface area contributed by atoms with Crippen molar-refractivity contribution in [1.29, 1.82) is 0 Å². The summed E-state index contributed by atoms with van der Waals surface area (Å²) in [7, 11) is -18.2. The number of aromatic nitrogens is 1. The second kappa shape index (κ2) is 26.2. The maximum absolute atomic E-state index is 10.7. The fourth-order valence-electron chi connectivity index (χ4n) is 4.08. The first-order valence-electron chi connectivity index (χ1n) is 16.3. The van der Waals surface area contributed by atoms with Gasteiger partial charge in [-0.3, -0.25) is 13.7 Å². The molecule has 2 unspecified atom stereocenters. The van der Waals surface area contributed by atoms with Crippen LogP contribution in [0.3, 0.4) is 0 Å². The van der Waals surface area contributed by atoms with Gasteiger partial charge < -0.3 is 55.4 Å². The van der Waals surface area contributed by atoms with E-state index in [2.05, 4.69) is 38.1 Å². The SMILES string of the molecule is CS(=O)(=O)O.CS(=O)(=O)O.Cc1nc(-c2ccc(OCCCCCOc3ccc(/C(N)=N\O)cc3)cc2)c(C(C)C)s1.NCCCC(O)(P(=O)([O-])O)P(=O)(O)O.[Na+]. The molecule has 2 atom stereocenters. The molecule has 0 spiro atoms. The predicted molar refractivity (Wildman–Crippen MR) is 210 cm³/mol. The van der Waals surface area contributed by atoms with Crippen molar-refractivity contribution in [3.63, 3.8) is 0 Å². The van der Waals surface area contributed by atoms with E-state index in [1.54, 1.807) is 23.5 Å². The number of nitrogens with two attached hydrogens (primary N) is 2. The van der Waals surface area contributed by atoms with E-state index >= 15 is 0 Å². The van der Waals surface area contributed by atoms with Crippen LogP contribution in [0.4, 0.5) is 0 Å². The van der Waals surface area contributed by atoms with Crippen molar-refractivity contribution in [3.8, 4) is 22.8 Å². The molecule has 11 N–H and O–H groups in total. The van der Waals surface area contributed by atoms with Crippen LogP contribution in [0, 0.1) is 6.92 Å². The van der Waals surface area contributed by atoms with E-state index in [0.717, 1.165) is 47.0 Å². The molecule has 0 aliphatic rings. The van der Waals surface area contributed by atoms with E-state index in [1.807, 2.05) is 24.3 Å². The van der Waals surface area contributed by atoms with E-state index in [9.17, 15) is 36.0 Å². The molecule has 1 heterocycles. The molecule has 0 aliphatic carbocycles. The van der Waals surface area contributed by atoms with Gasteiger partial charge in [-0.15, -0.1) is 11.3 Å². The Morgan fingerprint density at radius 1 is 0.895 bits per heavy atom. The number of ether oxygens (including phenoxy) is 2. The van der Waals surface area contributed by atoms with Crippen LogP contribution in [0.1, 0.15) is 67.3 Å². The van der Waals surface area contributed by atoms with Gasteiger partial charge >= 0.3 is 37.2 Å². The van der Waals surface area contributed by atoms with Gasteiger partial charge in [0.25, 0.3) is 20.2 Å². The Balaban J connectivity index is 0. The van der Waals surface area contributed by atoms with Crippen molar-refractivity contribution in [2.24, 2.45) is 16.6 Å². The van der Waals surface area contributed by atoms with Crippen molar-refractivity contribution >= 4 is 52.6 Å². The summed E-state index contributed by atoms with van der Waals surface area (Å²) in [5, 5.41) is 18.5. The van der Waals surface area contributed by atoms with Gasteiger partial charge in [-0.05, 0) is 100 Å². The third-order valence-electron chi connectivity index (χ3n) is 6.63. The zero-order valence-electron chi connectivity index (χ0n) is 32.3. The minimum Gasteiger partial charge on any atom is -0.776 e. The zero-order valence-corrected chi connectivity index (χ0v) is 38.6. The number of oxime groups is 1. The number of unbranched alkanes of at least 4 members (excludes halogenated alkanes) is 2. The summed E-state index contributed by atoms with van der Waals surface area (Å²) in [6, 6.07) is 15.4. The number of rotatable bonds is 16. The van der Waals surface area contributed by atoms with Crippen LogP contribution in [0.5, 0.6) is 11.5 Å². The summed E-state index contributed by atoms with van der Waals surface area (Å²) in [5.74, 6) is 2.21. The van der Waals surface area contributed by atoms with E-state index in [-0.39, 0.29) is 48.4 Å². The van der Waals surface area contributed by atoms with Crippen molar-refractivity contribution in [3.05, 3.63) is 64.0 Å². The molecule has 0 aliphatic heterocycles. The van der Waals surface area contributed by atoms with Gasteiger partial charge in [0.15, 0.2) is 13.4 Å². The first-order chi connectivity index (χ1) is 25.5. The second-order valence-electron chi connectivity index (χ2n) is 12.1. The van der Waals surface area contributed by atoms with Gasteiger partial charge in [0.1, 0.15) is 11.5 Å². The van der Waals surface area contributed by atoms with Gasteiger partial charge in [-0.25, -0.2) is 4.98 Å². The van der Waals surface area contributed by atoms with Crippen LogP contribution >= 0.6 is 26.5 Å². The third kappa shape index (κ3) is 24.6. The largest absolute Gasteiger partial charge is 1.00 e. The first kappa shape index (κ1) is 57.1. The molecular formula is C31H51N4NaO16P2S3. The number of amidine groups is 1. The van der Waals surface area contributed by atoms with Crippen LogP contribution in [-0.2, 0) is 29.4 Å². The summed E-state index contributed by atoms with van der Waals surface area (Å²) in [6.45, 7) is 7.73. The topological polar surface area (TPSA) is 363 Å². The average molecular weight is 917 g/mol. The Kier molecular flexibility index (Phi) is 26.3. The number of benzene rings is 2. The van der Waals surface area contributed by atoms with Gasteiger partial charge in [-0.2, -0.15) is 16.8 Å². The van der Waals surface area contributed by atoms with Gasteiger partial charge in [-0.1, -0.05) is 19.0 Å². The predicted octanol–water partition coefficient (Wildman–Crippen LogP) is 0.0713. The Labute approximate surface area is 358 Å². The molecule has 2 aromatic carbocycles. The Hall–Kier alpha value is -2.02. The average Bonchev–Trinajstić information content (AvgIpc) is 3.46. The van der Waals surface area contributed by atoms with Gasteiger partial charge in [0.2, 0.25) is 5.08 Å². The molecular weight excluding hydrogens is 865 g/mol. The fraction of sp³-hybridized carbons (Fsp3) is 0.484. The summed E-state index contributed by atoms with van der Waals surface area (Å²) in [6.07, 6.45) is 3.41. The number of thiazole rings is 1. The minimum atomic E-state index is -5.55. The number of hydrogen-bond acceptors (Lipinski definition) is 15. The summed E-state index contributed by atoms with van der Waals surface area (Å²) in [5.41, 5.74) is 13.4. The standard InChI is InChI=1S/C25H31N3O3S.C4H13NO7P2.2CH4O3S.Na/c1-17(2)24-23(27-18(3)32-24)19-7-11-21(12-8-19)30-15-5-4-6-16-31-22-13-9-20(10-14-22)25(26)28-29;5-3-1-2-4(6,13(7,8)9)14(10,11)12;2*1-5(2,3)4;/h7-14,17,29H,4-6,15-16H2,1-3H3,(H2,26,28);6H,1-3,5H2,(H2,7,8,9)(H2,10,11,12);2*1H3,(H,2,3,4);/q;;;;+1/p-1. The minimum absolute atomic E-state index is 0. The quantitative estimate of drug-likeness (QED) is 0.0134. The monoisotopic (exact) mass is 916 g/mol. The molecule has 320 valence electrons. The number of hydrogen-bond donors (Lipinski definition) is 9. The second-order valence-corrected chi connectivity index (χ2v) is 20.2. The molecule has 26 heteroatoms. The van der Waals surface area contributed by atoms with Crippen molar-refractivity contribution < 1.29 is 104 Å². The molecule has 3 rings (SSSR count). The Morgan fingerprint density at radius 3 is 1.67 bits per heavy atom. The van der Waals surface area contributed by atoms with E-state index in [0.29, 0.717) is 37.2 Å². The van der Waals surface area contributed by atoms with Crippen molar-refractivity contribution in [2.75, 3.05) is 32.3 Å². The zero-order chi connectivity index (χ0) is 43.5. The molecule has 20 nitrogen and oxygen atoms in total. The number of aryl methyl sites for hydroxylation is 1. The molecule has 0 saturated carbocycles. The van der Waals surface area contributed by atoms with Crippen molar-refractivity contribution in [1.82, 2.24) is 4.98 Å².